The Morgan fingerprint density at radius 3 is 1.81 bits per heavy atom. The minimum atomic E-state index is -4.39. The molecular formula is C22H17BrN2O4S2. The smallest absolute Gasteiger partial charge is 0.256 e. The van der Waals surface area contributed by atoms with Gasteiger partial charge in [0.15, 0.2) is 0 Å². The molecule has 0 saturated heterocycles. The highest BCUT2D eigenvalue weighted by molar-refractivity contribution is 9.10. The summed E-state index contributed by atoms with van der Waals surface area (Å²) >= 11 is 3.44. The van der Waals surface area contributed by atoms with Crippen molar-refractivity contribution in [2.24, 2.45) is 0 Å². The molecule has 4 aromatic rings. The summed E-state index contributed by atoms with van der Waals surface area (Å²) in [6.45, 7) is -0.413. The number of hydrogen-bond acceptors (Lipinski definition) is 5. The molecule has 31 heavy (non-hydrogen) atoms. The fourth-order valence-corrected chi connectivity index (χ4v) is 7.25. The number of sulfonamides is 2. The first-order valence-electron chi connectivity index (χ1n) is 9.22. The van der Waals surface area contributed by atoms with Gasteiger partial charge < -0.3 is 0 Å². The summed E-state index contributed by atoms with van der Waals surface area (Å²) in [5.41, 5.74) is 0.977. The van der Waals surface area contributed by atoms with Crippen LogP contribution in [0.2, 0.25) is 0 Å². The van der Waals surface area contributed by atoms with Crippen molar-refractivity contribution in [3.05, 3.63) is 101 Å². The lowest BCUT2D eigenvalue weighted by Crippen LogP contribution is -2.36. The van der Waals surface area contributed by atoms with Crippen LogP contribution in [0, 0.1) is 0 Å². The van der Waals surface area contributed by atoms with Gasteiger partial charge in [-0.1, -0.05) is 68.2 Å². The topological polar surface area (TPSA) is 84.4 Å². The molecule has 0 aliphatic carbocycles. The second-order valence-electron chi connectivity index (χ2n) is 6.67. The van der Waals surface area contributed by atoms with Gasteiger partial charge >= 0.3 is 0 Å². The van der Waals surface area contributed by atoms with Gasteiger partial charge in [0.05, 0.1) is 21.9 Å². The zero-order chi connectivity index (χ0) is 22.1. The van der Waals surface area contributed by atoms with E-state index in [0.29, 0.717) is 19.3 Å². The third-order valence-corrected chi connectivity index (χ3v) is 9.71. The fraction of sp³-hybridized carbons (Fsp3) is 0.0455. The highest BCUT2D eigenvalue weighted by atomic mass is 79.9. The van der Waals surface area contributed by atoms with E-state index in [4.69, 9.17) is 0 Å². The Hall–Kier alpha value is -2.59. The van der Waals surface area contributed by atoms with Crippen molar-refractivity contribution < 1.29 is 16.8 Å². The summed E-state index contributed by atoms with van der Waals surface area (Å²) < 4.78 is 55.2. The molecule has 0 radical (unpaired) electrons. The maximum atomic E-state index is 13.5. The number of fused-ring (bicyclic) bond motifs is 1. The SMILES string of the molecule is O=S(=O)(c1ccccc1)N(Cc1c(Br)ccc2cccnc12)S(=O)(=O)c1ccccc1. The van der Waals surface area contributed by atoms with E-state index in [1.807, 2.05) is 12.1 Å². The van der Waals surface area contributed by atoms with Crippen LogP contribution in [0.4, 0.5) is 0 Å². The van der Waals surface area contributed by atoms with Crippen molar-refractivity contribution in [2.45, 2.75) is 16.3 Å². The predicted octanol–water partition coefficient (Wildman–Crippen LogP) is 4.58. The highest BCUT2D eigenvalue weighted by Crippen LogP contribution is 2.31. The summed E-state index contributed by atoms with van der Waals surface area (Å²) in [4.78, 5) is 4.13. The van der Waals surface area contributed by atoms with Gasteiger partial charge in [0.25, 0.3) is 20.0 Å². The van der Waals surface area contributed by atoms with E-state index < -0.39 is 26.6 Å². The van der Waals surface area contributed by atoms with E-state index >= 15 is 0 Å². The summed E-state index contributed by atoms with van der Waals surface area (Å²) in [6.07, 6.45) is 1.58. The third kappa shape index (κ3) is 4.14. The molecule has 158 valence electrons. The molecule has 0 bridgehead atoms. The number of rotatable bonds is 6. The van der Waals surface area contributed by atoms with Gasteiger partial charge in [0, 0.05) is 21.6 Å². The van der Waals surface area contributed by atoms with Crippen LogP contribution in [0.5, 0.6) is 0 Å². The molecule has 0 fully saturated rings. The lowest BCUT2D eigenvalue weighted by molar-refractivity contribution is 0.495. The number of pyridine rings is 1. The maximum absolute atomic E-state index is 13.5. The number of aromatic nitrogens is 1. The predicted molar refractivity (Wildman–Crippen MR) is 122 cm³/mol. The minimum Gasteiger partial charge on any atom is -0.256 e. The molecule has 0 unspecified atom stereocenters. The molecule has 4 rings (SSSR count). The van der Waals surface area contributed by atoms with Crippen molar-refractivity contribution in [1.29, 1.82) is 0 Å². The van der Waals surface area contributed by atoms with Crippen LogP contribution in [0.1, 0.15) is 5.56 Å². The van der Waals surface area contributed by atoms with E-state index in [9.17, 15) is 16.8 Å². The Kier molecular flexibility index (Phi) is 5.94. The number of benzene rings is 3. The number of nitrogens with zero attached hydrogens (tertiary/aromatic N) is 2. The van der Waals surface area contributed by atoms with E-state index in [2.05, 4.69) is 20.9 Å². The van der Waals surface area contributed by atoms with Gasteiger partial charge in [-0.3, -0.25) is 4.98 Å². The minimum absolute atomic E-state index is 0.112. The Morgan fingerprint density at radius 1 is 0.710 bits per heavy atom. The molecule has 9 heteroatoms. The molecule has 0 aliphatic heterocycles. The van der Waals surface area contributed by atoms with E-state index in [1.165, 1.54) is 24.3 Å². The zero-order valence-corrected chi connectivity index (χ0v) is 19.3. The largest absolute Gasteiger partial charge is 0.256 e. The monoisotopic (exact) mass is 516 g/mol. The van der Waals surface area contributed by atoms with E-state index in [0.717, 1.165) is 5.39 Å². The Labute approximate surface area is 189 Å². The summed E-state index contributed by atoms with van der Waals surface area (Å²) in [5, 5.41) is 0.773. The van der Waals surface area contributed by atoms with Crippen molar-refractivity contribution in [3.63, 3.8) is 0 Å². The molecular weight excluding hydrogens is 500 g/mol. The van der Waals surface area contributed by atoms with Crippen LogP contribution in [0.15, 0.2) is 105 Å². The van der Waals surface area contributed by atoms with Gasteiger partial charge in [-0.05, 0) is 36.4 Å². The average Bonchev–Trinajstić information content (AvgIpc) is 2.79. The molecule has 0 N–H and O–H groups in total. The maximum Gasteiger partial charge on any atom is 0.256 e. The molecule has 1 heterocycles. The lowest BCUT2D eigenvalue weighted by atomic mass is 10.1. The van der Waals surface area contributed by atoms with E-state index in [-0.39, 0.29) is 9.79 Å². The van der Waals surface area contributed by atoms with Crippen LogP contribution in [-0.2, 0) is 26.6 Å². The molecule has 0 amide bonds. The highest BCUT2D eigenvalue weighted by Gasteiger charge is 2.37. The van der Waals surface area contributed by atoms with Gasteiger partial charge in [0.2, 0.25) is 0 Å². The quantitative estimate of drug-likeness (QED) is 0.374. The Morgan fingerprint density at radius 2 is 1.26 bits per heavy atom. The normalized spacial score (nSPS) is 12.3. The Balaban J connectivity index is 1.94. The van der Waals surface area contributed by atoms with Crippen molar-refractivity contribution >= 4 is 46.9 Å². The van der Waals surface area contributed by atoms with Crippen LogP contribution in [0.25, 0.3) is 10.9 Å². The molecule has 1 aromatic heterocycles. The van der Waals surface area contributed by atoms with E-state index in [1.54, 1.807) is 54.7 Å². The standard InChI is InChI=1S/C22H17BrN2O4S2/c23-21-14-13-17-8-7-15-24-22(17)20(21)16-25(30(26,27)18-9-3-1-4-10-18)31(28,29)19-11-5-2-6-12-19/h1-15H,16H2. The summed E-state index contributed by atoms with van der Waals surface area (Å²) in [7, 11) is -8.79. The van der Waals surface area contributed by atoms with Gasteiger partial charge in [-0.2, -0.15) is 0 Å². The number of hydrogen-bond donors (Lipinski definition) is 0. The average molecular weight is 517 g/mol. The second kappa shape index (κ2) is 8.51. The van der Waals surface area contributed by atoms with Crippen LogP contribution in [0.3, 0.4) is 0 Å². The van der Waals surface area contributed by atoms with Gasteiger partial charge in [0.1, 0.15) is 0 Å². The molecule has 6 nitrogen and oxygen atoms in total. The first kappa shape index (κ1) is 21.6. The molecule has 3 aromatic carbocycles. The summed E-state index contributed by atoms with van der Waals surface area (Å²) in [5.74, 6) is 0. The molecule has 0 spiro atoms. The van der Waals surface area contributed by atoms with Crippen molar-refractivity contribution in [1.82, 2.24) is 8.69 Å². The summed E-state index contributed by atoms with van der Waals surface area (Å²) in [6, 6.07) is 22.2. The van der Waals surface area contributed by atoms with Crippen LogP contribution in [-0.4, -0.2) is 25.5 Å². The fourth-order valence-electron chi connectivity index (χ4n) is 3.18. The number of halogens is 1. The second-order valence-corrected chi connectivity index (χ2v) is 11.5. The molecule has 0 aliphatic rings. The Bertz CT molecular complexity index is 1370. The first-order chi connectivity index (χ1) is 14.8. The molecule has 0 saturated carbocycles. The van der Waals surface area contributed by atoms with Gasteiger partial charge in [-0.15, -0.1) is 0 Å². The van der Waals surface area contributed by atoms with Crippen LogP contribution < -0.4 is 0 Å². The van der Waals surface area contributed by atoms with Crippen molar-refractivity contribution in [3.8, 4) is 0 Å². The van der Waals surface area contributed by atoms with Crippen LogP contribution >= 0.6 is 15.9 Å². The van der Waals surface area contributed by atoms with Crippen molar-refractivity contribution in [2.75, 3.05) is 0 Å². The van der Waals surface area contributed by atoms with Gasteiger partial charge in [-0.25, -0.2) is 16.8 Å². The lowest BCUT2D eigenvalue weighted by Gasteiger charge is -2.23. The molecule has 0 atom stereocenters. The zero-order valence-electron chi connectivity index (χ0n) is 16.1. The first-order valence-corrected chi connectivity index (χ1v) is 12.9. The third-order valence-electron chi connectivity index (χ3n) is 4.73.